The maximum Gasteiger partial charge on any atom is 0.573 e. The van der Waals surface area contributed by atoms with Gasteiger partial charge in [0, 0.05) is 0 Å². The van der Waals surface area contributed by atoms with Crippen LogP contribution in [-0.2, 0) is 12.0 Å². The second kappa shape index (κ2) is 6.37. The number of nitrogens with zero attached hydrogens (tertiary/aromatic N) is 2. The molecule has 23 heavy (non-hydrogen) atoms. The van der Waals surface area contributed by atoms with E-state index in [4.69, 9.17) is 10.3 Å². The van der Waals surface area contributed by atoms with Crippen LogP contribution < -0.4 is 10.5 Å². The summed E-state index contributed by atoms with van der Waals surface area (Å²) in [5, 5.41) is 3.89. The second-order valence-corrected chi connectivity index (χ2v) is 5.39. The van der Waals surface area contributed by atoms with Gasteiger partial charge in [-0.2, -0.15) is 4.98 Å². The van der Waals surface area contributed by atoms with E-state index in [1.54, 1.807) is 0 Å². The zero-order chi connectivity index (χ0) is 15.8. The third-order valence-electron chi connectivity index (χ3n) is 3.67. The van der Waals surface area contributed by atoms with Crippen molar-refractivity contribution < 1.29 is 22.4 Å². The minimum absolute atomic E-state index is 0. The minimum atomic E-state index is -4.69. The fourth-order valence-corrected chi connectivity index (χ4v) is 2.29. The molecule has 0 unspecified atom stereocenters. The van der Waals surface area contributed by atoms with Gasteiger partial charge in [-0.25, -0.2) is 0 Å². The third-order valence-corrected chi connectivity index (χ3v) is 3.67. The molecule has 1 fully saturated rings. The van der Waals surface area contributed by atoms with Crippen molar-refractivity contribution in [2.45, 2.75) is 37.6 Å². The topological polar surface area (TPSA) is 74.2 Å². The number of hydrogen-bond donors (Lipinski definition) is 1. The molecule has 0 bridgehead atoms. The standard InChI is InChI=1S/C14H14F3N3O2.ClH/c15-14(16,17)21-10-4-2-9(3-5-10)8-11-19-12(20-22-11)13(18)6-1-7-13;/h2-5H,1,6-8,18H2;1H. The summed E-state index contributed by atoms with van der Waals surface area (Å²) in [5.74, 6) is 0.611. The Morgan fingerprint density at radius 3 is 2.39 bits per heavy atom. The maximum absolute atomic E-state index is 12.1. The molecule has 0 amide bonds. The van der Waals surface area contributed by atoms with Gasteiger partial charge in [0.2, 0.25) is 5.89 Å². The van der Waals surface area contributed by atoms with E-state index >= 15 is 0 Å². The van der Waals surface area contributed by atoms with Crippen LogP contribution in [0, 0.1) is 0 Å². The average Bonchev–Trinajstić information content (AvgIpc) is 2.85. The van der Waals surface area contributed by atoms with Crippen molar-refractivity contribution in [3.63, 3.8) is 0 Å². The van der Waals surface area contributed by atoms with Crippen molar-refractivity contribution >= 4 is 12.4 Å². The van der Waals surface area contributed by atoms with E-state index in [1.165, 1.54) is 24.3 Å². The minimum Gasteiger partial charge on any atom is -0.406 e. The highest BCUT2D eigenvalue weighted by molar-refractivity contribution is 5.85. The summed E-state index contributed by atoms with van der Waals surface area (Å²) in [6, 6.07) is 5.53. The van der Waals surface area contributed by atoms with Gasteiger partial charge in [0.15, 0.2) is 5.82 Å². The van der Waals surface area contributed by atoms with E-state index < -0.39 is 11.9 Å². The Labute approximate surface area is 136 Å². The van der Waals surface area contributed by atoms with Crippen LogP contribution in [0.15, 0.2) is 28.8 Å². The Morgan fingerprint density at radius 1 is 1.22 bits per heavy atom. The Balaban J connectivity index is 0.00000192. The molecule has 1 aromatic carbocycles. The first-order valence-corrected chi connectivity index (χ1v) is 6.81. The van der Waals surface area contributed by atoms with Gasteiger partial charge in [-0.1, -0.05) is 17.3 Å². The Morgan fingerprint density at radius 2 is 1.87 bits per heavy atom. The van der Waals surface area contributed by atoms with Gasteiger partial charge in [0.05, 0.1) is 12.0 Å². The maximum atomic E-state index is 12.1. The zero-order valence-corrected chi connectivity index (χ0v) is 12.8. The molecule has 1 aliphatic rings. The van der Waals surface area contributed by atoms with E-state index in [-0.39, 0.29) is 18.2 Å². The molecule has 5 nitrogen and oxygen atoms in total. The van der Waals surface area contributed by atoms with Crippen molar-refractivity contribution in [1.29, 1.82) is 0 Å². The Hall–Kier alpha value is -1.80. The zero-order valence-electron chi connectivity index (χ0n) is 12.0. The summed E-state index contributed by atoms with van der Waals surface area (Å²) in [4.78, 5) is 4.27. The summed E-state index contributed by atoms with van der Waals surface area (Å²) >= 11 is 0. The summed E-state index contributed by atoms with van der Waals surface area (Å²) in [5.41, 5.74) is 6.35. The predicted molar refractivity (Wildman–Crippen MR) is 77.2 cm³/mol. The number of rotatable bonds is 4. The summed E-state index contributed by atoms with van der Waals surface area (Å²) in [6.07, 6.45) is -1.66. The lowest BCUT2D eigenvalue weighted by molar-refractivity contribution is -0.274. The molecule has 1 saturated carbocycles. The summed E-state index contributed by atoms with van der Waals surface area (Å²) in [6.45, 7) is 0. The van der Waals surface area contributed by atoms with Gasteiger partial charge >= 0.3 is 6.36 Å². The molecule has 0 atom stereocenters. The molecule has 0 spiro atoms. The van der Waals surface area contributed by atoms with Crippen LogP contribution >= 0.6 is 12.4 Å². The van der Waals surface area contributed by atoms with E-state index in [2.05, 4.69) is 14.9 Å². The molecular formula is C14H15ClF3N3O2. The average molecular weight is 350 g/mol. The van der Waals surface area contributed by atoms with E-state index in [0.717, 1.165) is 24.8 Å². The highest BCUT2D eigenvalue weighted by atomic mass is 35.5. The number of ether oxygens (including phenoxy) is 1. The van der Waals surface area contributed by atoms with Crippen LogP contribution in [0.25, 0.3) is 0 Å². The highest BCUT2D eigenvalue weighted by Gasteiger charge is 2.39. The van der Waals surface area contributed by atoms with Crippen molar-refractivity contribution in [1.82, 2.24) is 10.1 Å². The van der Waals surface area contributed by atoms with Gasteiger partial charge in [-0.15, -0.1) is 25.6 Å². The van der Waals surface area contributed by atoms with Crippen molar-refractivity contribution in [3.8, 4) is 5.75 Å². The Kier molecular flexibility index (Phi) is 4.86. The molecule has 2 aromatic rings. The van der Waals surface area contributed by atoms with Crippen molar-refractivity contribution in [3.05, 3.63) is 41.5 Å². The van der Waals surface area contributed by atoms with Crippen LogP contribution in [0.5, 0.6) is 5.75 Å². The number of halogens is 4. The second-order valence-electron chi connectivity index (χ2n) is 5.39. The fraction of sp³-hybridized carbons (Fsp3) is 0.429. The third kappa shape index (κ3) is 4.14. The first kappa shape index (κ1) is 17.6. The van der Waals surface area contributed by atoms with Gasteiger partial charge < -0.3 is 15.0 Å². The van der Waals surface area contributed by atoms with Gasteiger partial charge in [-0.3, -0.25) is 0 Å². The molecule has 9 heteroatoms. The molecule has 0 aliphatic heterocycles. The van der Waals surface area contributed by atoms with Crippen LogP contribution in [0.1, 0.15) is 36.5 Å². The molecule has 0 saturated heterocycles. The smallest absolute Gasteiger partial charge is 0.406 e. The normalized spacial score (nSPS) is 16.3. The lowest BCUT2D eigenvalue weighted by atomic mass is 9.77. The SMILES string of the molecule is Cl.NC1(c2noc(Cc3ccc(OC(F)(F)F)cc3)n2)CCC1. The summed E-state index contributed by atoms with van der Waals surface area (Å²) < 4.78 is 45.2. The molecule has 0 radical (unpaired) electrons. The molecule has 1 aromatic heterocycles. The first-order chi connectivity index (χ1) is 10.3. The molecule has 2 N–H and O–H groups in total. The highest BCUT2D eigenvalue weighted by Crippen LogP contribution is 2.37. The first-order valence-electron chi connectivity index (χ1n) is 6.81. The van der Waals surface area contributed by atoms with Crippen LogP contribution in [0.4, 0.5) is 13.2 Å². The number of benzene rings is 1. The number of alkyl halides is 3. The quantitative estimate of drug-likeness (QED) is 0.916. The van der Waals surface area contributed by atoms with Crippen molar-refractivity contribution in [2.75, 3.05) is 0 Å². The van der Waals surface area contributed by atoms with Gasteiger partial charge in [0.1, 0.15) is 5.75 Å². The van der Waals surface area contributed by atoms with Crippen molar-refractivity contribution in [2.24, 2.45) is 5.73 Å². The molecular weight excluding hydrogens is 335 g/mol. The molecule has 3 rings (SSSR count). The largest absolute Gasteiger partial charge is 0.573 e. The molecule has 126 valence electrons. The fourth-order valence-electron chi connectivity index (χ4n) is 2.29. The van der Waals surface area contributed by atoms with E-state index in [1.807, 2.05) is 0 Å². The van der Waals surface area contributed by atoms with Crippen LogP contribution in [0.2, 0.25) is 0 Å². The lowest BCUT2D eigenvalue weighted by Crippen LogP contribution is -2.44. The number of nitrogens with two attached hydrogens (primary N) is 1. The van der Waals surface area contributed by atoms with Gasteiger partial charge in [0.25, 0.3) is 0 Å². The van der Waals surface area contributed by atoms with E-state index in [0.29, 0.717) is 18.1 Å². The number of hydrogen-bond acceptors (Lipinski definition) is 5. The summed E-state index contributed by atoms with van der Waals surface area (Å²) in [7, 11) is 0. The van der Waals surface area contributed by atoms with E-state index in [9.17, 15) is 13.2 Å². The van der Waals surface area contributed by atoms with Crippen LogP contribution in [0.3, 0.4) is 0 Å². The molecule has 1 heterocycles. The molecule has 1 aliphatic carbocycles. The van der Waals surface area contributed by atoms with Gasteiger partial charge in [-0.05, 0) is 37.0 Å². The predicted octanol–water partition coefficient (Wildman–Crippen LogP) is 3.32. The van der Waals surface area contributed by atoms with Crippen LogP contribution in [-0.4, -0.2) is 16.5 Å². The monoisotopic (exact) mass is 349 g/mol. The Bertz CT molecular complexity index is 654. The lowest BCUT2D eigenvalue weighted by Gasteiger charge is -2.34. The number of aromatic nitrogens is 2.